The number of halogens is 2. The second kappa shape index (κ2) is 6.02. The van der Waals surface area contributed by atoms with Crippen LogP contribution in [0.3, 0.4) is 0 Å². The first-order valence-corrected chi connectivity index (χ1v) is 7.84. The monoisotopic (exact) mass is 312 g/mol. The van der Waals surface area contributed by atoms with Crippen molar-refractivity contribution in [3.8, 4) is 0 Å². The fourth-order valence-corrected chi connectivity index (χ4v) is 3.72. The minimum Gasteiger partial charge on any atom is -0.298 e. The van der Waals surface area contributed by atoms with E-state index in [1.54, 1.807) is 18.2 Å². The van der Waals surface area contributed by atoms with Crippen LogP contribution in [0.15, 0.2) is 18.2 Å². The molecule has 2 saturated heterocycles. The smallest absolute Gasteiger partial charge is 0.178 e. The number of Topliss-reactive ketones (excluding diaryl/α,β-unsaturated/α-hetero) is 1. The molecule has 1 unspecified atom stereocenters. The Kier molecular flexibility index (Phi) is 4.32. The molecule has 1 aromatic rings. The van der Waals surface area contributed by atoms with E-state index in [9.17, 15) is 4.79 Å². The summed E-state index contributed by atoms with van der Waals surface area (Å²) in [4.78, 5) is 17.1. The Morgan fingerprint density at radius 2 is 2.10 bits per heavy atom. The molecular weight excluding hydrogens is 295 g/mol. The quantitative estimate of drug-likeness (QED) is 0.802. The average Bonchev–Trinajstić information content (AvgIpc) is 2.85. The van der Waals surface area contributed by atoms with E-state index < -0.39 is 0 Å². The van der Waals surface area contributed by atoms with Crippen LogP contribution in [-0.2, 0) is 0 Å². The van der Waals surface area contributed by atoms with Crippen LogP contribution >= 0.6 is 23.2 Å². The number of hydrogen-bond acceptors (Lipinski definition) is 3. The van der Waals surface area contributed by atoms with Gasteiger partial charge in [0.05, 0.1) is 11.6 Å². The molecule has 0 bridgehead atoms. The standard InChI is InChI=1S/C15H18Cl2N2O/c16-11-3-4-13(14(17)8-11)15(20)10-18-6-7-19-5-1-2-12(19)9-18/h3-4,8,12H,1-2,5-7,9-10H2. The van der Waals surface area contributed by atoms with Crippen LogP contribution in [0.2, 0.25) is 10.0 Å². The Bertz CT molecular complexity index is 521. The van der Waals surface area contributed by atoms with Crippen molar-refractivity contribution in [3.63, 3.8) is 0 Å². The summed E-state index contributed by atoms with van der Waals surface area (Å²) in [6.45, 7) is 4.71. The first kappa shape index (κ1) is 14.3. The van der Waals surface area contributed by atoms with Crippen LogP contribution < -0.4 is 0 Å². The van der Waals surface area contributed by atoms with Crippen LogP contribution in [0.1, 0.15) is 23.2 Å². The summed E-state index contributed by atoms with van der Waals surface area (Å²) in [5, 5.41) is 1.01. The van der Waals surface area contributed by atoms with Crippen molar-refractivity contribution in [2.24, 2.45) is 0 Å². The Morgan fingerprint density at radius 3 is 2.90 bits per heavy atom. The highest BCUT2D eigenvalue weighted by atomic mass is 35.5. The molecule has 0 aliphatic carbocycles. The van der Waals surface area contributed by atoms with Gasteiger partial charge in [0.25, 0.3) is 0 Å². The van der Waals surface area contributed by atoms with Crippen molar-refractivity contribution < 1.29 is 4.79 Å². The second-order valence-corrected chi connectivity index (χ2v) is 6.46. The normalized spacial score (nSPS) is 23.8. The molecule has 3 rings (SSSR count). The molecule has 0 spiro atoms. The minimum atomic E-state index is 0.0816. The number of fused-ring (bicyclic) bond motifs is 1. The molecule has 0 N–H and O–H groups in total. The van der Waals surface area contributed by atoms with Crippen LogP contribution in [0, 0.1) is 0 Å². The number of hydrogen-bond donors (Lipinski definition) is 0. The lowest BCUT2D eigenvalue weighted by molar-refractivity contribution is 0.0784. The van der Waals surface area contributed by atoms with Gasteiger partial charge < -0.3 is 0 Å². The van der Waals surface area contributed by atoms with Crippen molar-refractivity contribution in [1.29, 1.82) is 0 Å². The van der Waals surface area contributed by atoms with E-state index in [0.717, 1.165) is 19.6 Å². The number of carbonyl (C=O) groups excluding carboxylic acids is 1. The maximum absolute atomic E-state index is 12.4. The fraction of sp³-hybridized carbons (Fsp3) is 0.533. The molecule has 0 radical (unpaired) electrons. The van der Waals surface area contributed by atoms with E-state index >= 15 is 0 Å². The van der Waals surface area contributed by atoms with Crippen molar-refractivity contribution >= 4 is 29.0 Å². The predicted octanol–water partition coefficient (Wildman–Crippen LogP) is 2.96. The second-order valence-electron chi connectivity index (χ2n) is 5.61. The highest BCUT2D eigenvalue weighted by Crippen LogP contribution is 2.24. The van der Waals surface area contributed by atoms with Crippen molar-refractivity contribution in [1.82, 2.24) is 9.80 Å². The number of ketones is 1. The highest BCUT2D eigenvalue weighted by Gasteiger charge is 2.31. The van der Waals surface area contributed by atoms with Crippen LogP contribution in [0.25, 0.3) is 0 Å². The van der Waals surface area contributed by atoms with Crippen molar-refractivity contribution in [3.05, 3.63) is 33.8 Å². The van der Waals surface area contributed by atoms with Crippen molar-refractivity contribution in [2.45, 2.75) is 18.9 Å². The van der Waals surface area contributed by atoms with Gasteiger partial charge in [-0.1, -0.05) is 23.2 Å². The summed E-state index contributed by atoms with van der Waals surface area (Å²) in [7, 11) is 0. The lowest BCUT2D eigenvalue weighted by Gasteiger charge is -2.37. The van der Waals surface area contributed by atoms with Gasteiger partial charge >= 0.3 is 0 Å². The van der Waals surface area contributed by atoms with Gasteiger partial charge in [0, 0.05) is 36.3 Å². The first-order valence-electron chi connectivity index (χ1n) is 7.08. The molecule has 0 aromatic heterocycles. The maximum Gasteiger partial charge on any atom is 0.178 e. The van der Waals surface area contributed by atoms with E-state index in [-0.39, 0.29) is 5.78 Å². The molecule has 5 heteroatoms. The summed E-state index contributed by atoms with van der Waals surface area (Å²) < 4.78 is 0. The summed E-state index contributed by atoms with van der Waals surface area (Å²) in [5.41, 5.74) is 0.574. The molecule has 2 heterocycles. The number of carbonyl (C=O) groups is 1. The van der Waals surface area contributed by atoms with Crippen molar-refractivity contribution in [2.75, 3.05) is 32.7 Å². The largest absolute Gasteiger partial charge is 0.298 e. The summed E-state index contributed by atoms with van der Waals surface area (Å²) in [6.07, 6.45) is 2.54. The minimum absolute atomic E-state index is 0.0816. The molecule has 1 aromatic carbocycles. The van der Waals surface area contributed by atoms with Crippen LogP contribution in [-0.4, -0.2) is 54.3 Å². The molecule has 0 saturated carbocycles. The third-order valence-electron chi connectivity index (χ3n) is 4.27. The molecule has 3 nitrogen and oxygen atoms in total. The molecule has 20 heavy (non-hydrogen) atoms. The third-order valence-corrected chi connectivity index (χ3v) is 4.82. The van der Waals surface area contributed by atoms with E-state index in [1.807, 2.05) is 0 Å². The molecular formula is C15H18Cl2N2O. The molecule has 2 fully saturated rings. The number of nitrogens with zero attached hydrogens (tertiary/aromatic N) is 2. The lowest BCUT2D eigenvalue weighted by Crippen LogP contribution is -2.51. The van der Waals surface area contributed by atoms with Crippen LogP contribution in [0.4, 0.5) is 0 Å². The SMILES string of the molecule is O=C(CN1CCN2CCCC2C1)c1ccc(Cl)cc1Cl. The zero-order valence-electron chi connectivity index (χ0n) is 11.3. The maximum atomic E-state index is 12.4. The number of benzene rings is 1. The topological polar surface area (TPSA) is 23.6 Å². The van der Waals surface area contributed by atoms with Gasteiger partial charge in [0.15, 0.2) is 5.78 Å². The van der Waals surface area contributed by atoms with Gasteiger partial charge in [-0.15, -0.1) is 0 Å². The molecule has 2 aliphatic heterocycles. The van der Waals surface area contributed by atoms with E-state index in [0.29, 0.717) is 28.2 Å². The average molecular weight is 313 g/mol. The predicted molar refractivity (Wildman–Crippen MR) is 81.8 cm³/mol. The first-order chi connectivity index (χ1) is 9.63. The van der Waals surface area contributed by atoms with Gasteiger partial charge in [-0.25, -0.2) is 0 Å². The lowest BCUT2D eigenvalue weighted by atomic mass is 10.1. The number of rotatable bonds is 3. The third kappa shape index (κ3) is 3.01. The Balaban J connectivity index is 1.64. The summed E-state index contributed by atoms with van der Waals surface area (Å²) in [6, 6.07) is 5.71. The fourth-order valence-electron chi connectivity index (χ4n) is 3.20. The van der Waals surface area contributed by atoms with E-state index in [1.165, 1.54) is 19.4 Å². The van der Waals surface area contributed by atoms with Gasteiger partial charge in [-0.3, -0.25) is 14.6 Å². The molecule has 2 aliphatic rings. The zero-order chi connectivity index (χ0) is 14.1. The van der Waals surface area contributed by atoms with Gasteiger partial charge in [0.1, 0.15) is 0 Å². The zero-order valence-corrected chi connectivity index (χ0v) is 12.8. The number of piperazine rings is 1. The van der Waals surface area contributed by atoms with E-state index in [2.05, 4.69) is 9.80 Å². The Labute approximate surface area is 129 Å². The summed E-state index contributed by atoms with van der Waals surface area (Å²) in [5.74, 6) is 0.0816. The summed E-state index contributed by atoms with van der Waals surface area (Å²) >= 11 is 12.0. The van der Waals surface area contributed by atoms with Gasteiger partial charge in [-0.2, -0.15) is 0 Å². The molecule has 1 atom stereocenters. The molecule has 0 amide bonds. The van der Waals surface area contributed by atoms with Gasteiger partial charge in [0.2, 0.25) is 0 Å². The highest BCUT2D eigenvalue weighted by molar-refractivity contribution is 6.36. The van der Waals surface area contributed by atoms with E-state index in [4.69, 9.17) is 23.2 Å². The Morgan fingerprint density at radius 1 is 1.25 bits per heavy atom. The Hall–Kier alpha value is -0.610. The van der Waals surface area contributed by atoms with Crippen LogP contribution in [0.5, 0.6) is 0 Å². The van der Waals surface area contributed by atoms with Gasteiger partial charge in [-0.05, 0) is 37.6 Å². The molecule has 108 valence electrons.